The first-order chi connectivity index (χ1) is 7.19. The molecule has 2 atom stereocenters. The molecule has 90 valence electrons. The van der Waals surface area contributed by atoms with Crippen LogP contribution in [0.1, 0.15) is 34.1 Å². The number of likely N-dealkylation sites (N-methyl/N-ethyl adjacent to an activating group) is 2. The van der Waals surface area contributed by atoms with E-state index in [1.54, 1.807) is 0 Å². The number of hydrogen-bond donors (Lipinski definition) is 0. The van der Waals surface area contributed by atoms with Gasteiger partial charge in [0.2, 0.25) is 0 Å². The average molecular weight is 213 g/mol. The largest absolute Gasteiger partial charge is 0.277 e. The topological polar surface area (TPSA) is 9.72 Å². The summed E-state index contributed by atoms with van der Waals surface area (Å²) in [6.07, 6.45) is 1.78. The Kier molecular flexibility index (Phi) is 5.03. The van der Waals surface area contributed by atoms with Crippen molar-refractivity contribution in [3.63, 3.8) is 0 Å². The minimum Gasteiger partial charge on any atom is -0.277 e. The van der Waals surface area contributed by atoms with Gasteiger partial charge in [0.25, 0.3) is 0 Å². The van der Waals surface area contributed by atoms with Gasteiger partial charge in [-0.05, 0) is 33.1 Å². The van der Waals surface area contributed by atoms with Crippen molar-refractivity contribution in [1.82, 2.24) is 14.7 Å². The minimum absolute atomic E-state index is 0.523. The Labute approximate surface area is 95.0 Å². The van der Waals surface area contributed by atoms with E-state index in [4.69, 9.17) is 0 Å². The maximum atomic E-state index is 2.63. The van der Waals surface area contributed by atoms with Crippen molar-refractivity contribution in [2.75, 3.05) is 33.2 Å². The van der Waals surface area contributed by atoms with E-state index in [1.165, 1.54) is 13.0 Å². The molecule has 0 spiro atoms. The average Bonchev–Trinajstić information content (AvgIpc) is 2.57. The van der Waals surface area contributed by atoms with Crippen molar-refractivity contribution in [3.05, 3.63) is 0 Å². The molecule has 1 rings (SSSR count). The number of nitrogens with zero attached hydrogens (tertiary/aromatic N) is 3. The summed E-state index contributed by atoms with van der Waals surface area (Å²) in [5, 5.41) is 0. The first kappa shape index (κ1) is 12.9. The van der Waals surface area contributed by atoms with Crippen LogP contribution in [0.2, 0.25) is 0 Å². The first-order valence-electron chi connectivity index (χ1n) is 6.39. The monoisotopic (exact) mass is 213 g/mol. The third-order valence-corrected chi connectivity index (χ3v) is 3.63. The Morgan fingerprint density at radius 1 is 1.13 bits per heavy atom. The lowest BCUT2D eigenvalue weighted by molar-refractivity contribution is -0.00370. The van der Waals surface area contributed by atoms with Crippen LogP contribution in [0.4, 0.5) is 0 Å². The van der Waals surface area contributed by atoms with Crippen molar-refractivity contribution < 1.29 is 0 Å². The zero-order chi connectivity index (χ0) is 11.4. The molecule has 0 aromatic rings. The second-order valence-corrected chi connectivity index (χ2v) is 4.40. The van der Waals surface area contributed by atoms with Crippen LogP contribution in [0.3, 0.4) is 0 Å². The lowest BCUT2D eigenvalue weighted by atomic mass is 10.2. The van der Waals surface area contributed by atoms with Crippen molar-refractivity contribution in [1.29, 1.82) is 0 Å². The molecule has 0 aromatic heterocycles. The summed E-state index contributed by atoms with van der Waals surface area (Å²) in [7, 11) is 2.25. The molecule has 0 amide bonds. The molecule has 1 fully saturated rings. The van der Waals surface area contributed by atoms with Crippen LogP contribution in [0.5, 0.6) is 0 Å². The molecular weight excluding hydrogens is 186 g/mol. The highest BCUT2D eigenvalue weighted by molar-refractivity contribution is 4.86. The molecule has 3 heteroatoms. The van der Waals surface area contributed by atoms with E-state index in [-0.39, 0.29) is 0 Å². The molecule has 1 heterocycles. The van der Waals surface area contributed by atoms with Gasteiger partial charge in [0, 0.05) is 12.6 Å². The highest BCUT2D eigenvalue weighted by Crippen LogP contribution is 2.23. The van der Waals surface area contributed by atoms with Crippen LogP contribution < -0.4 is 0 Å². The van der Waals surface area contributed by atoms with Crippen molar-refractivity contribution in [3.8, 4) is 0 Å². The molecular formula is C12H27N3. The second kappa shape index (κ2) is 5.83. The van der Waals surface area contributed by atoms with E-state index in [0.29, 0.717) is 6.29 Å². The minimum atomic E-state index is 0.523. The Bertz CT molecular complexity index is 180. The molecule has 3 nitrogen and oxygen atoms in total. The summed E-state index contributed by atoms with van der Waals surface area (Å²) >= 11 is 0. The highest BCUT2D eigenvalue weighted by atomic mass is 15.5. The van der Waals surface area contributed by atoms with Gasteiger partial charge in [-0.15, -0.1) is 0 Å². The van der Waals surface area contributed by atoms with Gasteiger partial charge < -0.3 is 0 Å². The van der Waals surface area contributed by atoms with Gasteiger partial charge in [-0.25, -0.2) is 0 Å². The molecule has 1 aliphatic heterocycles. The van der Waals surface area contributed by atoms with E-state index in [0.717, 1.165) is 25.7 Å². The second-order valence-electron chi connectivity index (χ2n) is 4.40. The van der Waals surface area contributed by atoms with Gasteiger partial charge in [0.1, 0.15) is 6.29 Å². The standard InChI is InChI=1S/C12H27N3/c1-6-11-10-13(5)12(15(11)9-4)14(7-2)8-3/h11-12H,6-10H2,1-5H3. The predicted octanol–water partition coefficient (Wildman–Crippen LogP) is 1.66. The third kappa shape index (κ3) is 2.52. The zero-order valence-corrected chi connectivity index (χ0v) is 11.0. The van der Waals surface area contributed by atoms with Crippen molar-refractivity contribution >= 4 is 0 Å². The first-order valence-corrected chi connectivity index (χ1v) is 6.39. The summed E-state index contributed by atoms with van der Waals surface area (Å²) < 4.78 is 0. The van der Waals surface area contributed by atoms with Crippen LogP contribution in [-0.2, 0) is 0 Å². The fourth-order valence-corrected chi connectivity index (χ4v) is 2.80. The van der Waals surface area contributed by atoms with Gasteiger partial charge in [-0.3, -0.25) is 14.7 Å². The Morgan fingerprint density at radius 3 is 2.13 bits per heavy atom. The lowest BCUT2D eigenvalue weighted by Gasteiger charge is -2.37. The van der Waals surface area contributed by atoms with Gasteiger partial charge in [-0.1, -0.05) is 27.7 Å². The molecule has 0 N–H and O–H groups in total. The summed E-state index contributed by atoms with van der Waals surface area (Å²) in [6.45, 7) is 13.7. The van der Waals surface area contributed by atoms with Crippen LogP contribution >= 0.6 is 0 Å². The van der Waals surface area contributed by atoms with Crippen molar-refractivity contribution in [2.45, 2.75) is 46.4 Å². The Balaban J connectivity index is 2.75. The summed E-state index contributed by atoms with van der Waals surface area (Å²) in [6, 6.07) is 0.741. The quantitative estimate of drug-likeness (QED) is 0.687. The van der Waals surface area contributed by atoms with E-state index in [1.807, 2.05) is 0 Å². The summed E-state index contributed by atoms with van der Waals surface area (Å²) in [5.41, 5.74) is 0. The Hall–Kier alpha value is -0.120. The zero-order valence-electron chi connectivity index (χ0n) is 11.0. The smallest absolute Gasteiger partial charge is 0.119 e. The highest BCUT2D eigenvalue weighted by Gasteiger charge is 2.37. The fraction of sp³-hybridized carbons (Fsp3) is 1.00. The maximum Gasteiger partial charge on any atom is 0.119 e. The molecule has 0 saturated carbocycles. The maximum absolute atomic E-state index is 2.63. The number of rotatable bonds is 5. The van der Waals surface area contributed by atoms with Crippen LogP contribution in [0.15, 0.2) is 0 Å². The SMILES string of the molecule is CCC1CN(C)C(N(CC)CC)N1CC. The normalized spacial score (nSPS) is 29.2. The molecule has 0 bridgehead atoms. The van der Waals surface area contributed by atoms with Gasteiger partial charge >= 0.3 is 0 Å². The van der Waals surface area contributed by atoms with Gasteiger partial charge in [0.05, 0.1) is 0 Å². The Morgan fingerprint density at radius 2 is 1.73 bits per heavy atom. The predicted molar refractivity (Wildman–Crippen MR) is 65.8 cm³/mol. The van der Waals surface area contributed by atoms with E-state index in [9.17, 15) is 0 Å². The van der Waals surface area contributed by atoms with Crippen LogP contribution in [0, 0.1) is 0 Å². The van der Waals surface area contributed by atoms with Crippen molar-refractivity contribution in [2.24, 2.45) is 0 Å². The van der Waals surface area contributed by atoms with E-state index >= 15 is 0 Å². The number of hydrogen-bond acceptors (Lipinski definition) is 3. The lowest BCUT2D eigenvalue weighted by Crippen LogP contribution is -2.51. The van der Waals surface area contributed by atoms with Crippen LogP contribution in [0.25, 0.3) is 0 Å². The summed E-state index contributed by atoms with van der Waals surface area (Å²) in [4.78, 5) is 7.66. The molecule has 0 radical (unpaired) electrons. The molecule has 2 unspecified atom stereocenters. The molecule has 0 aromatic carbocycles. The molecule has 15 heavy (non-hydrogen) atoms. The van der Waals surface area contributed by atoms with E-state index < -0.39 is 0 Å². The third-order valence-electron chi connectivity index (χ3n) is 3.63. The van der Waals surface area contributed by atoms with Gasteiger partial charge in [0.15, 0.2) is 0 Å². The van der Waals surface area contributed by atoms with E-state index in [2.05, 4.69) is 49.4 Å². The summed E-state index contributed by atoms with van der Waals surface area (Å²) in [5.74, 6) is 0. The molecule has 1 saturated heterocycles. The van der Waals surface area contributed by atoms with Crippen LogP contribution in [-0.4, -0.2) is 60.3 Å². The molecule has 1 aliphatic rings. The fourth-order valence-electron chi connectivity index (χ4n) is 2.80. The van der Waals surface area contributed by atoms with Gasteiger partial charge in [-0.2, -0.15) is 0 Å². The molecule has 0 aliphatic carbocycles.